The van der Waals surface area contributed by atoms with E-state index in [0.29, 0.717) is 16.3 Å². The minimum Gasteiger partial charge on any atom is -0.398 e. The number of benzene rings is 1. The van der Waals surface area contributed by atoms with Gasteiger partial charge in [0.2, 0.25) is 0 Å². The lowest BCUT2D eigenvalue weighted by atomic mass is 10.1. The molecule has 2 rings (SSSR count). The van der Waals surface area contributed by atoms with Crippen molar-refractivity contribution in [1.82, 2.24) is 4.98 Å². The molecule has 0 radical (unpaired) electrons. The minimum absolute atomic E-state index is 0.0297. The van der Waals surface area contributed by atoms with E-state index in [0.717, 1.165) is 15.6 Å². The fourth-order valence-corrected chi connectivity index (χ4v) is 2.75. The summed E-state index contributed by atoms with van der Waals surface area (Å²) >= 11 is 7.35. The first-order valence-electron chi connectivity index (χ1n) is 5.48. The topological polar surface area (TPSA) is 56.0 Å². The number of hydrogen-bond donors (Lipinski definition) is 1. The van der Waals surface area contributed by atoms with Crippen LogP contribution in [-0.2, 0) is 6.42 Å². The van der Waals surface area contributed by atoms with Crippen molar-refractivity contribution in [3.8, 4) is 0 Å². The van der Waals surface area contributed by atoms with Gasteiger partial charge in [0.05, 0.1) is 12.1 Å². The van der Waals surface area contributed by atoms with Crippen molar-refractivity contribution in [1.29, 1.82) is 0 Å². The maximum Gasteiger partial charge on any atom is 0.171 e. The van der Waals surface area contributed by atoms with Crippen molar-refractivity contribution in [3.63, 3.8) is 0 Å². The molecule has 0 saturated heterocycles. The molecular weight excluding hydrogens is 268 g/mol. The summed E-state index contributed by atoms with van der Waals surface area (Å²) in [6, 6.07) is 4.92. The lowest BCUT2D eigenvalue weighted by Crippen LogP contribution is -2.06. The summed E-state index contributed by atoms with van der Waals surface area (Å²) in [7, 11) is 0. The molecule has 1 aromatic carbocycles. The Kier molecular flexibility index (Phi) is 3.68. The number of thiazole rings is 1. The van der Waals surface area contributed by atoms with E-state index in [1.54, 1.807) is 29.5 Å². The highest BCUT2D eigenvalue weighted by Crippen LogP contribution is 2.22. The molecule has 18 heavy (non-hydrogen) atoms. The van der Waals surface area contributed by atoms with E-state index >= 15 is 0 Å². The second-order valence-electron chi connectivity index (χ2n) is 4.08. The zero-order valence-electron chi connectivity index (χ0n) is 10.2. The van der Waals surface area contributed by atoms with Gasteiger partial charge in [-0.3, -0.25) is 4.79 Å². The molecule has 94 valence electrons. The van der Waals surface area contributed by atoms with Gasteiger partial charge in [0.25, 0.3) is 0 Å². The monoisotopic (exact) mass is 280 g/mol. The van der Waals surface area contributed by atoms with E-state index < -0.39 is 0 Å². The number of hydrogen-bond acceptors (Lipinski definition) is 4. The zero-order chi connectivity index (χ0) is 13.3. The average molecular weight is 281 g/mol. The van der Waals surface area contributed by atoms with E-state index in [9.17, 15) is 4.79 Å². The maximum absolute atomic E-state index is 12.1. The highest BCUT2D eigenvalue weighted by molar-refractivity contribution is 7.11. The molecule has 1 aromatic heterocycles. The highest BCUT2D eigenvalue weighted by atomic mass is 35.5. The average Bonchev–Trinajstić information content (AvgIpc) is 2.57. The Hall–Kier alpha value is -1.39. The Balaban J connectivity index is 2.22. The summed E-state index contributed by atoms with van der Waals surface area (Å²) < 4.78 is 0. The van der Waals surface area contributed by atoms with Gasteiger partial charge in [0, 0.05) is 21.2 Å². The number of carbonyl (C=O) groups is 1. The highest BCUT2D eigenvalue weighted by Gasteiger charge is 2.13. The van der Waals surface area contributed by atoms with Crippen LogP contribution in [-0.4, -0.2) is 10.8 Å². The SMILES string of the molecule is Cc1nc(CC(=O)c2ccc(Cl)cc2N)sc1C. The third-order valence-electron chi connectivity index (χ3n) is 2.70. The number of nitrogens with zero attached hydrogens (tertiary/aromatic N) is 1. The molecule has 0 atom stereocenters. The molecule has 0 saturated carbocycles. The predicted octanol–water partition coefficient (Wildman–Crippen LogP) is 3.42. The van der Waals surface area contributed by atoms with Crippen LogP contribution in [0, 0.1) is 13.8 Å². The van der Waals surface area contributed by atoms with Crippen molar-refractivity contribution in [2.75, 3.05) is 5.73 Å². The van der Waals surface area contributed by atoms with Crippen LogP contribution in [0.2, 0.25) is 5.02 Å². The Morgan fingerprint density at radius 1 is 1.44 bits per heavy atom. The van der Waals surface area contributed by atoms with E-state index in [1.807, 2.05) is 13.8 Å². The summed E-state index contributed by atoms with van der Waals surface area (Å²) in [5.74, 6) is -0.0297. The molecule has 0 aliphatic rings. The van der Waals surface area contributed by atoms with Gasteiger partial charge in [-0.05, 0) is 32.0 Å². The summed E-state index contributed by atoms with van der Waals surface area (Å²) in [6.07, 6.45) is 0.283. The number of halogens is 1. The lowest BCUT2D eigenvalue weighted by Gasteiger charge is -2.03. The number of anilines is 1. The van der Waals surface area contributed by atoms with Gasteiger partial charge in [-0.15, -0.1) is 11.3 Å². The Morgan fingerprint density at radius 3 is 2.72 bits per heavy atom. The van der Waals surface area contributed by atoms with Crippen LogP contribution < -0.4 is 5.73 Å². The molecule has 0 fully saturated rings. The second-order valence-corrected chi connectivity index (χ2v) is 5.80. The predicted molar refractivity (Wildman–Crippen MR) is 75.5 cm³/mol. The van der Waals surface area contributed by atoms with E-state index in [1.165, 1.54) is 0 Å². The molecular formula is C13H13ClN2OS. The van der Waals surface area contributed by atoms with Gasteiger partial charge in [-0.1, -0.05) is 11.6 Å². The van der Waals surface area contributed by atoms with Crippen molar-refractivity contribution in [3.05, 3.63) is 44.4 Å². The molecule has 0 aliphatic carbocycles. The van der Waals surface area contributed by atoms with Crippen LogP contribution in [0.4, 0.5) is 5.69 Å². The van der Waals surface area contributed by atoms with Crippen LogP contribution in [0.3, 0.4) is 0 Å². The van der Waals surface area contributed by atoms with E-state index in [2.05, 4.69) is 4.98 Å². The van der Waals surface area contributed by atoms with Gasteiger partial charge in [-0.25, -0.2) is 4.98 Å². The first kappa shape index (κ1) is 13.1. The molecule has 0 aliphatic heterocycles. The number of rotatable bonds is 3. The first-order valence-corrected chi connectivity index (χ1v) is 6.68. The third-order valence-corrected chi connectivity index (χ3v) is 4.01. The third kappa shape index (κ3) is 2.71. The Morgan fingerprint density at radius 2 is 2.17 bits per heavy atom. The molecule has 5 heteroatoms. The number of Topliss-reactive ketones (excluding diaryl/α,β-unsaturated/α-hetero) is 1. The fraction of sp³-hybridized carbons (Fsp3) is 0.231. The smallest absolute Gasteiger partial charge is 0.171 e. The lowest BCUT2D eigenvalue weighted by molar-refractivity contribution is 0.0994. The van der Waals surface area contributed by atoms with Crippen LogP contribution in [0.1, 0.15) is 25.9 Å². The van der Waals surface area contributed by atoms with Crippen molar-refractivity contribution >= 4 is 34.4 Å². The zero-order valence-corrected chi connectivity index (χ0v) is 11.7. The van der Waals surface area contributed by atoms with Gasteiger partial charge < -0.3 is 5.73 Å². The number of nitrogen functional groups attached to an aromatic ring is 1. The van der Waals surface area contributed by atoms with E-state index in [4.69, 9.17) is 17.3 Å². The fourth-order valence-electron chi connectivity index (χ4n) is 1.63. The van der Waals surface area contributed by atoms with Crippen molar-refractivity contribution in [2.45, 2.75) is 20.3 Å². The number of aryl methyl sites for hydroxylation is 2. The molecule has 0 bridgehead atoms. The number of nitrogens with two attached hydrogens (primary N) is 1. The molecule has 0 spiro atoms. The normalized spacial score (nSPS) is 10.6. The maximum atomic E-state index is 12.1. The van der Waals surface area contributed by atoms with Crippen LogP contribution in [0.25, 0.3) is 0 Å². The van der Waals surface area contributed by atoms with Gasteiger partial charge in [0.15, 0.2) is 5.78 Å². The Bertz CT molecular complexity index is 588. The molecule has 1 heterocycles. The largest absolute Gasteiger partial charge is 0.398 e. The molecule has 3 nitrogen and oxygen atoms in total. The quantitative estimate of drug-likeness (QED) is 0.692. The van der Waals surface area contributed by atoms with Crippen molar-refractivity contribution in [2.24, 2.45) is 0 Å². The van der Waals surface area contributed by atoms with Crippen molar-refractivity contribution < 1.29 is 4.79 Å². The first-order chi connectivity index (χ1) is 8.47. The number of ketones is 1. The number of carbonyl (C=O) groups excluding carboxylic acids is 1. The van der Waals surface area contributed by atoms with Gasteiger partial charge >= 0.3 is 0 Å². The number of aromatic nitrogens is 1. The minimum atomic E-state index is -0.0297. The molecule has 2 N–H and O–H groups in total. The van der Waals surface area contributed by atoms with E-state index in [-0.39, 0.29) is 12.2 Å². The van der Waals surface area contributed by atoms with Gasteiger partial charge in [0.1, 0.15) is 5.01 Å². The summed E-state index contributed by atoms with van der Waals surface area (Å²) in [6.45, 7) is 3.94. The summed E-state index contributed by atoms with van der Waals surface area (Å²) in [5, 5.41) is 1.36. The van der Waals surface area contributed by atoms with Crippen LogP contribution >= 0.6 is 22.9 Å². The summed E-state index contributed by atoms with van der Waals surface area (Å²) in [5.41, 5.74) is 7.69. The van der Waals surface area contributed by atoms with Gasteiger partial charge in [-0.2, -0.15) is 0 Å². The second kappa shape index (κ2) is 5.08. The van der Waals surface area contributed by atoms with Crippen LogP contribution in [0.5, 0.6) is 0 Å². The Labute approximate surface area is 115 Å². The molecule has 0 amide bonds. The molecule has 2 aromatic rings. The standard InChI is InChI=1S/C13H13ClN2OS/c1-7-8(2)18-13(16-7)6-12(17)10-4-3-9(14)5-11(10)15/h3-5H,6,15H2,1-2H3. The van der Waals surface area contributed by atoms with Crippen LogP contribution in [0.15, 0.2) is 18.2 Å². The summed E-state index contributed by atoms with van der Waals surface area (Å²) in [4.78, 5) is 17.6. The molecule has 0 unspecified atom stereocenters.